The van der Waals surface area contributed by atoms with Crippen LogP contribution in [0.15, 0.2) is 0 Å². The standard InChI is InChI=1S/C39H81NO/c1-4-6-8-10-12-14-16-18-20-22-24-26-28-30-32-34-36-38-40(3,41)39-37-35-33-31-29-27-25-23-21-19-17-15-13-11-9-7-5-2/h4-39H2,1-3H3. The van der Waals surface area contributed by atoms with Gasteiger partial charge in [-0.3, -0.25) is 0 Å². The Hall–Kier alpha value is -0.0800. The molecule has 2 nitrogen and oxygen atoms in total. The summed E-state index contributed by atoms with van der Waals surface area (Å²) < 4.78 is -0.00250. The molecule has 0 aromatic heterocycles. The third-order valence-corrected chi connectivity index (χ3v) is 9.47. The second-order valence-corrected chi connectivity index (χ2v) is 14.1. The predicted octanol–water partition coefficient (Wildman–Crippen LogP) is 14.2. The number of rotatable bonds is 36. The average molecular weight is 580 g/mol. The molecule has 0 bridgehead atoms. The van der Waals surface area contributed by atoms with Gasteiger partial charge in [-0.05, 0) is 25.7 Å². The quantitative estimate of drug-likeness (QED) is 0.0411. The maximum atomic E-state index is 12.8. The van der Waals surface area contributed by atoms with Crippen molar-refractivity contribution in [3.8, 4) is 0 Å². The van der Waals surface area contributed by atoms with E-state index in [2.05, 4.69) is 13.8 Å². The minimum absolute atomic E-state index is 0.00250. The molecule has 0 aliphatic carbocycles. The Kier molecular flexibility index (Phi) is 34.3. The van der Waals surface area contributed by atoms with Gasteiger partial charge in [0, 0.05) is 0 Å². The molecular weight excluding hydrogens is 498 g/mol. The van der Waals surface area contributed by atoms with Crippen molar-refractivity contribution in [2.75, 3.05) is 20.1 Å². The zero-order valence-corrected chi connectivity index (χ0v) is 29.3. The van der Waals surface area contributed by atoms with Crippen LogP contribution >= 0.6 is 0 Å². The molecule has 0 heterocycles. The number of unbranched alkanes of at least 4 members (excludes halogenated alkanes) is 32. The number of quaternary nitrogens is 1. The molecule has 0 N–H and O–H groups in total. The summed E-state index contributed by atoms with van der Waals surface area (Å²) in [7, 11) is 1.92. The zero-order chi connectivity index (χ0) is 30.0. The van der Waals surface area contributed by atoms with Crippen LogP contribution in [0.1, 0.15) is 232 Å². The first-order valence-electron chi connectivity index (χ1n) is 19.7. The smallest absolute Gasteiger partial charge is 0.0781 e. The first-order chi connectivity index (χ1) is 20.1. The van der Waals surface area contributed by atoms with Gasteiger partial charge in [-0.1, -0.05) is 206 Å². The minimum Gasteiger partial charge on any atom is -0.633 e. The summed E-state index contributed by atoms with van der Waals surface area (Å²) >= 11 is 0. The van der Waals surface area contributed by atoms with Crippen LogP contribution in [-0.2, 0) is 0 Å². The molecule has 0 saturated carbocycles. The van der Waals surface area contributed by atoms with Crippen molar-refractivity contribution in [1.29, 1.82) is 0 Å². The van der Waals surface area contributed by atoms with E-state index in [9.17, 15) is 5.21 Å². The lowest BCUT2D eigenvalue weighted by Crippen LogP contribution is -2.39. The van der Waals surface area contributed by atoms with Gasteiger partial charge in [-0.2, -0.15) is 0 Å². The highest BCUT2D eigenvalue weighted by Gasteiger charge is 2.09. The second-order valence-electron chi connectivity index (χ2n) is 14.1. The van der Waals surface area contributed by atoms with E-state index in [1.165, 1.54) is 205 Å². The van der Waals surface area contributed by atoms with Crippen LogP contribution in [0.2, 0.25) is 0 Å². The molecule has 0 aromatic carbocycles. The normalized spacial score (nSPS) is 12.0. The summed E-state index contributed by atoms with van der Waals surface area (Å²) in [5.74, 6) is 0. The molecule has 0 unspecified atom stereocenters. The summed E-state index contributed by atoms with van der Waals surface area (Å²) in [6, 6.07) is 0. The number of nitrogens with zero attached hydrogens (tertiary/aromatic N) is 1. The van der Waals surface area contributed by atoms with Crippen molar-refractivity contribution in [1.82, 2.24) is 0 Å². The van der Waals surface area contributed by atoms with Crippen molar-refractivity contribution in [3.05, 3.63) is 5.21 Å². The predicted molar refractivity (Wildman–Crippen MR) is 188 cm³/mol. The molecule has 0 rings (SSSR count). The van der Waals surface area contributed by atoms with E-state index in [1.54, 1.807) is 0 Å². The summed E-state index contributed by atoms with van der Waals surface area (Å²) in [5, 5.41) is 12.8. The fourth-order valence-corrected chi connectivity index (χ4v) is 6.45. The Morgan fingerprint density at radius 3 is 0.585 bits per heavy atom. The largest absolute Gasteiger partial charge is 0.633 e. The third-order valence-electron chi connectivity index (χ3n) is 9.47. The van der Waals surface area contributed by atoms with Crippen molar-refractivity contribution < 1.29 is 4.65 Å². The molecule has 0 amide bonds. The van der Waals surface area contributed by atoms with Gasteiger partial charge in [-0.25, -0.2) is 0 Å². The lowest BCUT2D eigenvalue weighted by molar-refractivity contribution is -0.861. The van der Waals surface area contributed by atoms with Crippen LogP contribution in [-0.4, -0.2) is 24.8 Å². The Morgan fingerprint density at radius 2 is 0.415 bits per heavy atom. The first-order valence-corrected chi connectivity index (χ1v) is 19.7. The van der Waals surface area contributed by atoms with Crippen molar-refractivity contribution in [2.24, 2.45) is 0 Å². The highest BCUT2D eigenvalue weighted by Crippen LogP contribution is 2.17. The van der Waals surface area contributed by atoms with Crippen LogP contribution in [0.4, 0.5) is 0 Å². The Morgan fingerprint density at radius 1 is 0.268 bits per heavy atom. The van der Waals surface area contributed by atoms with Gasteiger partial charge in [0.2, 0.25) is 0 Å². The van der Waals surface area contributed by atoms with Crippen LogP contribution in [0.25, 0.3) is 0 Å². The average Bonchev–Trinajstić information content (AvgIpc) is 2.96. The lowest BCUT2D eigenvalue weighted by atomic mass is 10.0. The van der Waals surface area contributed by atoms with Crippen LogP contribution in [0.3, 0.4) is 0 Å². The van der Waals surface area contributed by atoms with Gasteiger partial charge >= 0.3 is 0 Å². The van der Waals surface area contributed by atoms with E-state index < -0.39 is 0 Å². The summed E-state index contributed by atoms with van der Waals surface area (Å²) in [5.41, 5.74) is 0. The zero-order valence-electron chi connectivity index (χ0n) is 29.3. The molecule has 0 aromatic rings. The second kappa shape index (κ2) is 34.4. The third kappa shape index (κ3) is 36.0. The minimum atomic E-state index is -0.00250. The lowest BCUT2D eigenvalue weighted by Gasteiger charge is -2.39. The number of hydrogen-bond donors (Lipinski definition) is 0. The Balaban J connectivity index is 3.26. The molecule has 41 heavy (non-hydrogen) atoms. The summed E-state index contributed by atoms with van der Waals surface area (Å²) in [6.07, 6.45) is 47.6. The molecule has 0 aliphatic heterocycles. The van der Waals surface area contributed by atoms with E-state index in [0.29, 0.717) is 0 Å². The number of hydroxylamine groups is 3. The molecule has 0 spiro atoms. The maximum Gasteiger partial charge on any atom is 0.0781 e. The van der Waals surface area contributed by atoms with Gasteiger partial charge in [0.1, 0.15) is 0 Å². The topological polar surface area (TPSA) is 23.1 Å². The molecular formula is C39H81NO. The van der Waals surface area contributed by atoms with Gasteiger partial charge in [0.15, 0.2) is 0 Å². The van der Waals surface area contributed by atoms with E-state index >= 15 is 0 Å². The fraction of sp³-hybridized carbons (Fsp3) is 1.00. The van der Waals surface area contributed by atoms with E-state index in [-0.39, 0.29) is 4.65 Å². The van der Waals surface area contributed by atoms with Crippen LogP contribution in [0, 0.1) is 5.21 Å². The highest BCUT2D eigenvalue weighted by molar-refractivity contribution is 4.53. The first kappa shape index (κ1) is 40.9. The van der Waals surface area contributed by atoms with Crippen molar-refractivity contribution in [3.63, 3.8) is 0 Å². The monoisotopic (exact) mass is 580 g/mol. The van der Waals surface area contributed by atoms with Gasteiger partial charge in [0.25, 0.3) is 0 Å². The molecule has 0 atom stereocenters. The van der Waals surface area contributed by atoms with Crippen LogP contribution in [0.5, 0.6) is 0 Å². The summed E-state index contributed by atoms with van der Waals surface area (Å²) in [4.78, 5) is 0. The highest BCUT2D eigenvalue weighted by atomic mass is 16.5. The number of hydrogen-bond acceptors (Lipinski definition) is 1. The van der Waals surface area contributed by atoms with E-state index in [4.69, 9.17) is 0 Å². The van der Waals surface area contributed by atoms with E-state index in [1.807, 2.05) is 7.05 Å². The van der Waals surface area contributed by atoms with E-state index in [0.717, 1.165) is 25.9 Å². The Labute approximate surface area is 261 Å². The molecule has 0 aliphatic rings. The van der Waals surface area contributed by atoms with Crippen molar-refractivity contribution in [2.45, 2.75) is 232 Å². The SMILES string of the molecule is CCCCCCCCCCCCCCCCCCC[N+](C)([O-])CCCCCCCCCCCCCCCCCCC. The molecule has 0 fully saturated rings. The maximum absolute atomic E-state index is 12.8. The summed E-state index contributed by atoms with van der Waals surface area (Å²) in [6.45, 7) is 6.26. The van der Waals surface area contributed by atoms with Gasteiger partial charge in [0.05, 0.1) is 20.1 Å². The molecule has 0 radical (unpaired) electrons. The molecule has 2 heteroatoms. The fourth-order valence-electron chi connectivity index (χ4n) is 6.45. The van der Waals surface area contributed by atoms with Gasteiger partial charge in [-0.15, -0.1) is 0 Å². The van der Waals surface area contributed by atoms with Crippen LogP contribution < -0.4 is 0 Å². The Bertz CT molecular complexity index is 422. The van der Waals surface area contributed by atoms with Gasteiger partial charge < -0.3 is 9.85 Å². The molecule has 0 saturated heterocycles. The molecule has 248 valence electrons. The van der Waals surface area contributed by atoms with Crippen molar-refractivity contribution >= 4 is 0 Å².